The van der Waals surface area contributed by atoms with Crippen molar-refractivity contribution in [3.05, 3.63) is 75.7 Å². The molecule has 1 aromatic heterocycles. The predicted octanol–water partition coefficient (Wildman–Crippen LogP) is 5.90. The Morgan fingerprint density at radius 1 is 1.24 bits per heavy atom. The monoisotopic (exact) mass is 486 g/mol. The lowest BCUT2D eigenvalue weighted by Crippen LogP contribution is -2.27. The number of hydrogen-bond acceptors (Lipinski definition) is 5. The van der Waals surface area contributed by atoms with Crippen molar-refractivity contribution in [1.82, 2.24) is 9.88 Å². The topological polar surface area (TPSA) is 92.2 Å². The van der Waals surface area contributed by atoms with Gasteiger partial charge in [-0.15, -0.1) is 0 Å². The Balaban J connectivity index is 1.83. The van der Waals surface area contributed by atoms with E-state index in [1.165, 1.54) is 17.0 Å². The van der Waals surface area contributed by atoms with Crippen LogP contribution < -0.4 is 10.5 Å². The Kier molecular flexibility index (Phi) is 7.75. The highest BCUT2D eigenvalue weighted by molar-refractivity contribution is 6.36. The van der Waals surface area contributed by atoms with Gasteiger partial charge in [-0.3, -0.25) is 4.79 Å². The number of benzene rings is 2. The quantitative estimate of drug-likeness (QED) is 0.419. The first-order valence-corrected chi connectivity index (χ1v) is 10.8. The van der Waals surface area contributed by atoms with Crippen LogP contribution in [-0.2, 0) is 0 Å². The van der Waals surface area contributed by atoms with Gasteiger partial charge >= 0.3 is 0 Å². The Morgan fingerprint density at radius 2 is 1.94 bits per heavy atom. The van der Waals surface area contributed by atoms with Gasteiger partial charge in [0.25, 0.3) is 5.91 Å². The van der Waals surface area contributed by atoms with Crippen molar-refractivity contribution in [2.24, 2.45) is 0 Å². The van der Waals surface area contributed by atoms with Crippen molar-refractivity contribution < 1.29 is 13.9 Å². The normalized spacial score (nSPS) is 11.5. The SMILES string of the molecule is CC(Oc1cc(-c2ccc(C(=O)N(C)CCC#N)cc2)cnc1N)c1c(Cl)ccc(F)c1Cl. The van der Waals surface area contributed by atoms with Crippen molar-refractivity contribution in [3.8, 4) is 22.9 Å². The van der Waals surface area contributed by atoms with E-state index >= 15 is 0 Å². The molecule has 0 aliphatic rings. The first-order chi connectivity index (χ1) is 15.7. The van der Waals surface area contributed by atoms with Crippen molar-refractivity contribution in [2.75, 3.05) is 19.3 Å². The molecule has 170 valence electrons. The van der Waals surface area contributed by atoms with E-state index in [0.717, 1.165) is 5.56 Å². The molecule has 2 aromatic carbocycles. The van der Waals surface area contributed by atoms with Gasteiger partial charge in [0.2, 0.25) is 0 Å². The minimum absolute atomic E-state index is 0.113. The smallest absolute Gasteiger partial charge is 0.253 e. The van der Waals surface area contributed by atoms with Crippen molar-refractivity contribution >= 4 is 34.9 Å². The first kappa shape index (κ1) is 24.3. The number of anilines is 1. The van der Waals surface area contributed by atoms with Gasteiger partial charge in [-0.05, 0) is 42.8 Å². The molecule has 0 aliphatic heterocycles. The zero-order valence-electron chi connectivity index (χ0n) is 18.0. The zero-order chi connectivity index (χ0) is 24.1. The molecule has 0 saturated carbocycles. The molecule has 0 saturated heterocycles. The van der Waals surface area contributed by atoms with Gasteiger partial charge in [-0.1, -0.05) is 35.3 Å². The summed E-state index contributed by atoms with van der Waals surface area (Å²) in [4.78, 5) is 18.1. The van der Waals surface area contributed by atoms with Gasteiger partial charge < -0.3 is 15.4 Å². The van der Waals surface area contributed by atoms with Gasteiger partial charge in [0.05, 0.1) is 17.5 Å². The van der Waals surface area contributed by atoms with Gasteiger partial charge in [0.15, 0.2) is 11.6 Å². The van der Waals surface area contributed by atoms with Crippen LogP contribution >= 0.6 is 23.2 Å². The number of carbonyl (C=O) groups is 1. The standard InChI is InChI=1S/C24H21Cl2FN4O2/c1-14(21-18(25)8-9-19(27)22(21)26)33-20-12-17(13-30-23(20)29)15-4-6-16(7-5-15)24(32)31(2)11-3-10-28/h4-9,12-14H,3,11H2,1-2H3,(H2,29,30). The Bertz CT molecular complexity index is 1210. The summed E-state index contributed by atoms with van der Waals surface area (Å²) in [6.07, 6.45) is 1.17. The van der Waals surface area contributed by atoms with Gasteiger partial charge in [-0.2, -0.15) is 5.26 Å². The second-order valence-corrected chi connectivity index (χ2v) is 8.12. The third-order valence-corrected chi connectivity index (χ3v) is 5.76. The zero-order valence-corrected chi connectivity index (χ0v) is 19.5. The molecule has 2 N–H and O–H groups in total. The number of halogens is 3. The number of nitrogens with zero attached hydrogens (tertiary/aromatic N) is 3. The lowest BCUT2D eigenvalue weighted by molar-refractivity contribution is 0.0798. The molecular weight excluding hydrogens is 466 g/mol. The Labute approximate surface area is 201 Å². The molecule has 3 rings (SSSR count). The molecule has 1 heterocycles. The molecule has 0 spiro atoms. The van der Waals surface area contributed by atoms with E-state index in [1.54, 1.807) is 50.5 Å². The van der Waals surface area contributed by atoms with Crippen LogP contribution in [0.4, 0.5) is 10.2 Å². The maximum Gasteiger partial charge on any atom is 0.253 e. The summed E-state index contributed by atoms with van der Waals surface area (Å²) < 4.78 is 19.8. The van der Waals surface area contributed by atoms with Crippen LogP contribution in [0.25, 0.3) is 11.1 Å². The molecule has 9 heteroatoms. The summed E-state index contributed by atoms with van der Waals surface area (Å²) >= 11 is 12.3. The molecule has 33 heavy (non-hydrogen) atoms. The largest absolute Gasteiger partial charge is 0.482 e. The number of nitriles is 1. The summed E-state index contributed by atoms with van der Waals surface area (Å²) in [5.41, 5.74) is 8.30. The summed E-state index contributed by atoms with van der Waals surface area (Å²) in [6.45, 7) is 2.04. The molecule has 1 atom stereocenters. The second-order valence-electron chi connectivity index (χ2n) is 7.34. The van der Waals surface area contributed by atoms with Crippen LogP contribution in [-0.4, -0.2) is 29.4 Å². The third-order valence-electron chi connectivity index (χ3n) is 5.04. The number of hydrogen-bond donors (Lipinski definition) is 1. The highest BCUT2D eigenvalue weighted by Gasteiger charge is 2.20. The maximum atomic E-state index is 13.9. The Hall–Kier alpha value is -3.34. The molecule has 0 radical (unpaired) electrons. The summed E-state index contributed by atoms with van der Waals surface area (Å²) in [5, 5.41) is 8.85. The molecular formula is C24H21Cl2FN4O2. The second kappa shape index (κ2) is 10.5. The lowest BCUT2D eigenvalue weighted by Gasteiger charge is -2.19. The van der Waals surface area contributed by atoms with Crippen LogP contribution in [0.5, 0.6) is 5.75 Å². The number of amides is 1. The fourth-order valence-electron chi connectivity index (χ4n) is 3.22. The van der Waals surface area contributed by atoms with Crippen LogP contribution in [0.2, 0.25) is 10.0 Å². The van der Waals surface area contributed by atoms with Crippen LogP contribution in [0, 0.1) is 17.1 Å². The minimum Gasteiger partial charge on any atom is -0.482 e. The molecule has 1 unspecified atom stereocenters. The van der Waals surface area contributed by atoms with Crippen molar-refractivity contribution in [2.45, 2.75) is 19.4 Å². The molecule has 1 amide bonds. The molecule has 0 aliphatic carbocycles. The highest BCUT2D eigenvalue weighted by atomic mass is 35.5. The molecule has 6 nitrogen and oxygen atoms in total. The third kappa shape index (κ3) is 5.54. The summed E-state index contributed by atoms with van der Waals surface area (Å²) in [5.74, 6) is -0.332. The number of aromatic nitrogens is 1. The van der Waals surface area contributed by atoms with Gasteiger partial charge in [0, 0.05) is 41.5 Å². The predicted molar refractivity (Wildman–Crippen MR) is 127 cm³/mol. The van der Waals surface area contributed by atoms with Crippen molar-refractivity contribution in [1.29, 1.82) is 5.26 Å². The van der Waals surface area contributed by atoms with E-state index in [9.17, 15) is 9.18 Å². The number of carbonyl (C=O) groups excluding carboxylic acids is 1. The average Bonchev–Trinajstić information content (AvgIpc) is 2.81. The van der Waals surface area contributed by atoms with Crippen LogP contribution in [0.15, 0.2) is 48.7 Å². The number of nitrogens with two attached hydrogens (primary N) is 1. The lowest BCUT2D eigenvalue weighted by atomic mass is 10.0. The minimum atomic E-state index is -0.691. The van der Waals surface area contributed by atoms with Gasteiger partial charge in [-0.25, -0.2) is 9.37 Å². The molecule has 0 fully saturated rings. The fraction of sp³-hybridized carbons (Fsp3) is 0.208. The Morgan fingerprint density at radius 3 is 2.61 bits per heavy atom. The number of ether oxygens (including phenoxy) is 1. The van der Waals surface area contributed by atoms with Crippen LogP contribution in [0.1, 0.15) is 35.4 Å². The van der Waals surface area contributed by atoms with E-state index < -0.39 is 11.9 Å². The summed E-state index contributed by atoms with van der Waals surface area (Å²) in [7, 11) is 1.65. The number of rotatable bonds is 7. The fourth-order valence-corrected chi connectivity index (χ4v) is 3.90. The first-order valence-electron chi connectivity index (χ1n) is 10.0. The number of pyridine rings is 1. The molecule has 0 bridgehead atoms. The van der Waals surface area contributed by atoms with E-state index in [-0.39, 0.29) is 33.9 Å². The highest BCUT2D eigenvalue weighted by Crippen LogP contribution is 2.37. The average molecular weight is 487 g/mol. The maximum absolute atomic E-state index is 13.9. The van der Waals surface area contributed by atoms with Gasteiger partial charge in [0.1, 0.15) is 11.9 Å². The van der Waals surface area contributed by atoms with E-state index in [2.05, 4.69) is 4.98 Å². The molecule has 3 aromatic rings. The van der Waals surface area contributed by atoms with E-state index in [4.69, 9.17) is 38.9 Å². The van der Waals surface area contributed by atoms with E-state index in [0.29, 0.717) is 23.2 Å². The van der Waals surface area contributed by atoms with Crippen molar-refractivity contribution in [3.63, 3.8) is 0 Å². The van der Waals surface area contributed by atoms with Crippen LogP contribution in [0.3, 0.4) is 0 Å². The van der Waals surface area contributed by atoms with E-state index in [1.807, 2.05) is 6.07 Å². The number of nitrogen functional groups attached to an aromatic ring is 1. The summed E-state index contributed by atoms with van der Waals surface area (Å²) in [6, 6.07) is 13.3.